The van der Waals surface area contributed by atoms with Crippen LogP contribution in [-0.2, 0) is 19.6 Å². The van der Waals surface area contributed by atoms with Crippen molar-refractivity contribution in [3.05, 3.63) is 0 Å². The summed E-state index contributed by atoms with van der Waals surface area (Å²) in [5.74, 6) is -1.44. The molecule has 1 fully saturated rings. The number of rotatable bonds is 5. The maximum Gasteiger partial charge on any atom is 0.321 e. The minimum absolute atomic E-state index is 0.109. The molecule has 0 aromatic rings. The van der Waals surface area contributed by atoms with Crippen LogP contribution in [0.4, 0.5) is 0 Å². The average molecular weight is 279 g/mol. The van der Waals surface area contributed by atoms with Crippen molar-refractivity contribution in [2.45, 2.75) is 51.0 Å². The first-order chi connectivity index (χ1) is 8.24. The van der Waals surface area contributed by atoms with Crippen LogP contribution >= 0.6 is 0 Å². The summed E-state index contributed by atoms with van der Waals surface area (Å²) in [6.07, 6.45) is 0.701. The Kier molecular flexibility index (Phi) is 5.12. The van der Waals surface area contributed by atoms with E-state index < -0.39 is 27.3 Å². The van der Waals surface area contributed by atoms with Gasteiger partial charge in [0.15, 0.2) is 0 Å². The van der Waals surface area contributed by atoms with Crippen molar-refractivity contribution < 1.29 is 23.1 Å². The Hall–Kier alpha value is -0.660. The second kappa shape index (κ2) is 5.99. The Balaban J connectivity index is 2.77. The molecule has 7 heteroatoms. The van der Waals surface area contributed by atoms with Crippen LogP contribution in [0.15, 0.2) is 0 Å². The number of sulfonamides is 1. The van der Waals surface area contributed by atoms with Crippen LogP contribution in [0.2, 0.25) is 0 Å². The number of ether oxygens (including phenoxy) is 1. The van der Waals surface area contributed by atoms with Crippen LogP contribution in [0.5, 0.6) is 0 Å². The summed E-state index contributed by atoms with van der Waals surface area (Å²) in [6, 6.07) is -1.08. The Morgan fingerprint density at radius 1 is 1.44 bits per heavy atom. The van der Waals surface area contributed by atoms with E-state index in [4.69, 9.17) is 9.84 Å². The Morgan fingerprint density at radius 2 is 2.06 bits per heavy atom. The van der Waals surface area contributed by atoms with E-state index in [0.29, 0.717) is 19.4 Å². The molecule has 0 radical (unpaired) electrons. The molecule has 3 atom stereocenters. The molecule has 18 heavy (non-hydrogen) atoms. The fourth-order valence-electron chi connectivity index (χ4n) is 1.98. The van der Waals surface area contributed by atoms with Crippen LogP contribution in [-0.4, -0.2) is 43.5 Å². The number of carboxylic acids is 1. The minimum Gasteiger partial charge on any atom is -0.480 e. The van der Waals surface area contributed by atoms with Crippen molar-refractivity contribution in [3.63, 3.8) is 0 Å². The van der Waals surface area contributed by atoms with Crippen LogP contribution in [0.25, 0.3) is 0 Å². The molecule has 6 nitrogen and oxygen atoms in total. The van der Waals surface area contributed by atoms with Gasteiger partial charge in [-0.05, 0) is 25.7 Å². The molecule has 1 aliphatic heterocycles. The monoisotopic (exact) mass is 279 g/mol. The number of hydrogen-bond acceptors (Lipinski definition) is 4. The lowest BCUT2D eigenvalue weighted by Gasteiger charge is -2.29. The molecule has 0 aromatic heterocycles. The molecular weight excluding hydrogens is 258 g/mol. The van der Waals surface area contributed by atoms with Crippen LogP contribution in [0.1, 0.15) is 33.6 Å². The smallest absolute Gasteiger partial charge is 0.321 e. The summed E-state index contributed by atoms with van der Waals surface area (Å²) in [6.45, 7) is 5.56. The van der Waals surface area contributed by atoms with Gasteiger partial charge in [-0.1, -0.05) is 13.8 Å². The summed E-state index contributed by atoms with van der Waals surface area (Å²) in [5, 5.41) is 8.44. The molecule has 2 unspecified atom stereocenters. The molecule has 0 bridgehead atoms. The van der Waals surface area contributed by atoms with Crippen molar-refractivity contribution in [2.24, 2.45) is 5.92 Å². The highest BCUT2D eigenvalue weighted by Gasteiger charge is 2.35. The van der Waals surface area contributed by atoms with E-state index in [1.165, 1.54) is 0 Å². The highest BCUT2D eigenvalue weighted by molar-refractivity contribution is 7.90. The van der Waals surface area contributed by atoms with E-state index in [0.717, 1.165) is 0 Å². The fourth-order valence-corrected chi connectivity index (χ4v) is 3.83. The predicted octanol–water partition coefficient (Wildman–Crippen LogP) is 0.583. The van der Waals surface area contributed by atoms with Crippen molar-refractivity contribution in [2.75, 3.05) is 6.61 Å². The van der Waals surface area contributed by atoms with Gasteiger partial charge in [0, 0.05) is 6.61 Å². The first-order valence-corrected chi connectivity index (χ1v) is 7.64. The standard InChI is InChI=1S/C11H21NO5S/c1-7(2)10(11(13)14)12-18(15,16)9-4-5-17-8(3)6-9/h7-10,12H,4-6H2,1-3H3,(H,13,14)/t8?,9?,10-/m0/s1. The maximum atomic E-state index is 12.1. The van der Waals surface area contributed by atoms with E-state index in [1.807, 2.05) is 6.92 Å². The molecule has 1 saturated heterocycles. The number of carbonyl (C=O) groups is 1. The quantitative estimate of drug-likeness (QED) is 0.768. The molecule has 1 heterocycles. The average Bonchev–Trinajstić information content (AvgIpc) is 2.25. The van der Waals surface area contributed by atoms with Gasteiger partial charge in [-0.15, -0.1) is 0 Å². The molecule has 0 spiro atoms. The fraction of sp³-hybridized carbons (Fsp3) is 0.909. The van der Waals surface area contributed by atoms with Gasteiger partial charge in [0.05, 0.1) is 11.4 Å². The lowest BCUT2D eigenvalue weighted by molar-refractivity contribution is -0.140. The van der Waals surface area contributed by atoms with Gasteiger partial charge in [0.1, 0.15) is 6.04 Å². The topological polar surface area (TPSA) is 92.7 Å². The Bertz CT molecular complexity index is 392. The third kappa shape index (κ3) is 3.93. The Morgan fingerprint density at radius 3 is 2.50 bits per heavy atom. The second-order valence-electron chi connectivity index (χ2n) is 5.05. The molecule has 0 saturated carbocycles. The van der Waals surface area contributed by atoms with Crippen LogP contribution in [0, 0.1) is 5.92 Å². The van der Waals surface area contributed by atoms with Gasteiger partial charge in [0.25, 0.3) is 0 Å². The van der Waals surface area contributed by atoms with Gasteiger partial charge >= 0.3 is 5.97 Å². The third-order valence-electron chi connectivity index (χ3n) is 3.10. The van der Waals surface area contributed by atoms with E-state index in [-0.39, 0.29) is 12.0 Å². The number of carboxylic acid groups (broad SMARTS) is 1. The van der Waals surface area contributed by atoms with Crippen LogP contribution < -0.4 is 4.72 Å². The third-order valence-corrected chi connectivity index (χ3v) is 4.99. The molecule has 0 aromatic carbocycles. The van der Waals surface area contributed by atoms with Crippen molar-refractivity contribution in [1.29, 1.82) is 0 Å². The van der Waals surface area contributed by atoms with Crippen LogP contribution in [0.3, 0.4) is 0 Å². The summed E-state index contributed by atoms with van der Waals surface area (Å²) in [5.41, 5.74) is 0. The summed E-state index contributed by atoms with van der Waals surface area (Å²) < 4.78 is 31.8. The highest BCUT2D eigenvalue weighted by Crippen LogP contribution is 2.20. The predicted molar refractivity (Wildman–Crippen MR) is 66.8 cm³/mol. The summed E-state index contributed by atoms with van der Waals surface area (Å²) in [4.78, 5) is 11.0. The lowest BCUT2D eigenvalue weighted by Crippen LogP contribution is -2.49. The molecule has 1 aliphatic rings. The van der Waals surface area contributed by atoms with E-state index in [9.17, 15) is 13.2 Å². The van der Waals surface area contributed by atoms with Gasteiger partial charge < -0.3 is 9.84 Å². The van der Waals surface area contributed by atoms with Gasteiger partial charge in [-0.2, -0.15) is 0 Å². The number of aliphatic carboxylic acids is 1. The minimum atomic E-state index is -3.62. The first-order valence-electron chi connectivity index (χ1n) is 6.09. The zero-order chi connectivity index (χ0) is 13.9. The molecule has 0 amide bonds. The van der Waals surface area contributed by atoms with Gasteiger partial charge in [0.2, 0.25) is 10.0 Å². The Labute approximate surface area is 108 Å². The van der Waals surface area contributed by atoms with E-state index in [1.54, 1.807) is 13.8 Å². The lowest BCUT2D eigenvalue weighted by atomic mass is 10.1. The van der Waals surface area contributed by atoms with E-state index >= 15 is 0 Å². The maximum absolute atomic E-state index is 12.1. The highest BCUT2D eigenvalue weighted by atomic mass is 32.2. The van der Waals surface area contributed by atoms with Crippen molar-refractivity contribution in [1.82, 2.24) is 4.72 Å². The first kappa shape index (κ1) is 15.4. The number of hydrogen-bond donors (Lipinski definition) is 2. The number of nitrogens with one attached hydrogen (secondary N) is 1. The SMILES string of the molecule is CC1CC(S(=O)(=O)N[C@H](C(=O)O)C(C)C)CCO1. The van der Waals surface area contributed by atoms with E-state index in [2.05, 4.69) is 4.72 Å². The van der Waals surface area contributed by atoms with Crippen molar-refractivity contribution >= 4 is 16.0 Å². The van der Waals surface area contributed by atoms with Gasteiger partial charge in [-0.3, -0.25) is 4.79 Å². The van der Waals surface area contributed by atoms with Gasteiger partial charge in [-0.25, -0.2) is 13.1 Å². The zero-order valence-corrected chi connectivity index (χ0v) is 11.7. The normalized spacial score (nSPS) is 27.1. The molecule has 1 rings (SSSR count). The molecular formula is C11H21NO5S. The van der Waals surface area contributed by atoms with Crippen molar-refractivity contribution in [3.8, 4) is 0 Å². The summed E-state index contributed by atoms with van der Waals surface area (Å²) in [7, 11) is -3.62. The molecule has 2 N–H and O–H groups in total. The molecule has 0 aliphatic carbocycles. The largest absolute Gasteiger partial charge is 0.480 e. The second-order valence-corrected chi connectivity index (χ2v) is 7.04. The zero-order valence-electron chi connectivity index (χ0n) is 10.9. The molecule has 106 valence electrons. The summed E-state index contributed by atoms with van der Waals surface area (Å²) >= 11 is 0.